The minimum Gasteiger partial charge on any atom is -0.504 e. The van der Waals surface area contributed by atoms with Crippen molar-refractivity contribution < 1.29 is 14.6 Å². The molecule has 0 unspecified atom stereocenters. The first kappa shape index (κ1) is 16.1. The molecule has 0 fully saturated rings. The molecule has 4 heteroatoms. The highest BCUT2D eigenvalue weighted by molar-refractivity contribution is 5.86. The SMILES string of the molecule is CCCCCc1ccc(-c2cc(=O)c3ccc(O)c(O)c3o2)cc1. The second kappa shape index (κ2) is 6.79. The van der Waals surface area contributed by atoms with Gasteiger partial charge < -0.3 is 14.6 Å². The fourth-order valence-electron chi connectivity index (χ4n) is 2.75. The van der Waals surface area contributed by atoms with Crippen LogP contribution in [0.2, 0.25) is 0 Å². The maximum absolute atomic E-state index is 12.2. The summed E-state index contributed by atoms with van der Waals surface area (Å²) >= 11 is 0. The van der Waals surface area contributed by atoms with Gasteiger partial charge in [-0.15, -0.1) is 0 Å². The molecule has 0 atom stereocenters. The molecular weight excluding hydrogens is 304 g/mol. The maximum Gasteiger partial charge on any atom is 0.201 e. The molecule has 124 valence electrons. The average molecular weight is 324 g/mol. The third kappa shape index (κ3) is 3.13. The van der Waals surface area contributed by atoms with Crippen molar-refractivity contribution in [3.05, 3.63) is 58.3 Å². The van der Waals surface area contributed by atoms with Crippen molar-refractivity contribution in [1.82, 2.24) is 0 Å². The van der Waals surface area contributed by atoms with Crippen molar-refractivity contribution in [2.45, 2.75) is 32.6 Å². The predicted molar refractivity (Wildman–Crippen MR) is 94.5 cm³/mol. The summed E-state index contributed by atoms with van der Waals surface area (Å²) in [6.07, 6.45) is 4.60. The normalized spacial score (nSPS) is 11.0. The van der Waals surface area contributed by atoms with E-state index in [1.54, 1.807) is 0 Å². The third-order valence-electron chi connectivity index (χ3n) is 4.16. The van der Waals surface area contributed by atoms with Gasteiger partial charge in [-0.1, -0.05) is 44.0 Å². The number of benzene rings is 2. The summed E-state index contributed by atoms with van der Waals surface area (Å²) in [6, 6.07) is 12.0. The van der Waals surface area contributed by atoms with Gasteiger partial charge in [-0.3, -0.25) is 4.79 Å². The molecule has 0 saturated heterocycles. The third-order valence-corrected chi connectivity index (χ3v) is 4.16. The first-order valence-corrected chi connectivity index (χ1v) is 8.18. The Morgan fingerprint density at radius 3 is 2.46 bits per heavy atom. The minimum atomic E-state index is -0.414. The van der Waals surface area contributed by atoms with Crippen molar-refractivity contribution in [3.63, 3.8) is 0 Å². The standard InChI is InChI=1S/C20H20O4/c1-2-3-4-5-13-6-8-14(9-7-13)18-12-17(22)15-10-11-16(21)19(23)20(15)24-18/h6-12,21,23H,2-5H2,1H3. The number of unbranched alkanes of at least 4 members (excludes halogenated alkanes) is 2. The number of phenolic OH excluding ortho intramolecular Hbond substituents is 2. The van der Waals surface area contributed by atoms with Crippen LogP contribution in [0, 0.1) is 0 Å². The Hall–Kier alpha value is -2.75. The lowest BCUT2D eigenvalue weighted by molar-refractivity contribution is 0.400. The number of hydrogen-bond acceptors (Lipinski definition) is 4. The summed E-state index contributed by atoms with van der Waals surface area (Å²) in [5.74, 6) is -0.356. The van der Waals surface area contributed by atoms with E-state index in [4.69, 9.17) is 4.42 Å². The Kier molecular flexibility index (Phi) is 4.56. The van der Waals surface area contributed by atoms with E-state index in [0.29, 0.717) is 5.76 Å². The molecule has 1 aromatic heterocycles. The highest BCUT2D eigenvalue weighted by atomic mass is 16.4. The summed E-state index contributed by atoms with van der Waals surface area (Å²) in [5, 5.41) is 19.8. The van der Waals surface area contributed by atoms with E-state index in [2.05, 4.69) is 6.92 Å². The van der Waals surface area contributed by atoms with Gasteiger partial charge >= 0.3 is 0 Å². The lowest BCUT2D eigenvalue weighted by atomic mass is 10.0. The summed E-state index contributed by atoms with van der Waals surface area (Å²) < 4.78 is 5.67. The first-order valence-electron chi connectivity index (χ1n) is 8.18. The van der Waals surface area contributed by atoms with Gasteiger partial charge in [0, 0.05) is 11.6 Å². The molecule has 1 heterocycles. The lowest BCUT2D eigenvalue weighted by Crippen LogP contribution is -2.00. The largest absolute Gasteiger partial charge is 0.504 e. The van der Waals surface area contributed by atoms with E-state index < -0.39 is 5.75 Å². The van der Waals surface area contributed by atoms with E-state index in [0.717, 1.165) is 18.4 Å². The van der Waals surface area contributed by atoms with E-state index >= 15 is 0 Å². The molecule has 0 aliphatic carbocycles. The molecule has 3 aromatic rings. The molecule has 0 aliphatic rings. The quantitative estimate of drug-likeness (QED) is 0.531. The maximum atomic E-state index is 12.2. The number of phenols is 2. The Morgan fingerprint density at radius 2 is 1.75 bits per heavy atom. The molecule has 24 heavy (non-hydrogen) atoms. The molecule has 0 bridgehead atoms. The molecule has 3 rings (SSSR count). The minimum absolute atomic E-state index is 0.00419. The van der Waals surface area contributed by atoms with Gasteiger partial charge in [0.2, 0.25) is 5.75 Å². The van der Waals surface area contributed by atoms with Crippen molar-refractivity contribution in [3.8, 4) is 22.8 Å². The molecule has 0 saturated carbocycles. The van der Waals surface area contributed by atoms with Crippen LogP contribution in [0.25, 0.3) is 22.3 Å². The van der Waals surface area contributed by atoms with Crippen LogP contribution in [0.5, 0.6) is 11.5 Å². The molecule has 4 nitrogen and oxygen atoms in total. The summed E-state index contributed by atoms with van der Waals surface area (Å²) in [4.78, 5) is 12.2. The van der Waals surface area contributed by atoms with Crippen LogP contribution in [0.15, 0.2) is 51.7 Å². The van der Waals surface area contributed by atoms with Crippen LogP contribution < -0.4 is 5.43 Å². The molecule has 0 amide bonds. The van der Waals surface area contributed by atoms with Crippen LogP contribution in [-0.4, -0.2) is 10.2 Å². The molecule has 0 aliphatic heterocycles. The van der Waals surface area contributed by atoms with Gasteiger partial charge in [-0.05, 0) is 30.5 Å². The molecule has 0 radical (unpaired) electrons. The van der Waals surface area contributed by atoms with Crippen molar-refractivity contribution in [2.24, 2.45) is 0 Å². The summed E-state index contributed by atoms with van der Waals surface area (Å²) in [6.45, 7) is 2.18. The van der Waals surface area contributed by atoms with Crippen molar-refractivity contribution >= 4 is 11.0 Å². The first-order chi connectivity index (χ1) is 11.6. The number of aryl methyl sites for hydroxylation is 1. The van der Waals surface area contributed by atoms with Gasteiger partial charge in [0.1, 0.15) is 5.76 Å². The molecular formula is C20H20O4. The Balaban J connectivity index is 1.97. The van der Waals surface area contributed by atoms with E-state index in [9.17, 15) is 15.0 Å². The van der Waals surface area contributed by atoms with Gasteiger partial charge in [-0.25, -0.2) is 0 Å². The fraction of sp³-hybridized carbons (Fsp3) is 0.250. The highest BCUT2D eigenvalue weighted by Gasteiger charge is 2.13. The van der Waals surface area contributed by atoms with Gasteiger partial charge in [0.05, 0.1) is 5.39 Å². The molecule has 0 spiro atoms. The van der Waals surface area contributed by atoms with Gasteiger partial charge in [-0.2, -0.15) is 0 Å². The Labute approximate surface area is 140 Å². The molecule has 2 N–H and O–H groups in total. The van der Waals surface area contributed by atoms with Crippen LogP contribution in [0.4, 0.5) is 0 Å². The number of rotatable bonds is 5. The number of aromatic hydroxyl groups is 2. The zero-order valence-corrected chi connectivity index (χ0v) is 13.6. The van der Waals surface area contributed by atoms with Gasteiger partial charge in [0.15, 0.2) is 16.8 Å². The predicted octanol–water partition coefficient (Wildman–Crippen LogP) is 4.60. The van der Waals surface area contributed by atoms with Gasteiger partial charge in [0.25, 0.3) is 0 Å². The topological polar surface area (TPSA) is 70.7 Å². The zero-order valence-electron chi connectivity index (χ0n) is 13.6. The number of fused-ring (bicyclic) bond motifs is 1. The Morgan fingerprint density at radius 1 is 1.00 bits per heavy atom. The highest BCUT2D eigenvalue weighted by Crippen LogP contribution is 2.34. The monoisotopic (exact) mass is 324 g/mol. The lowest BCUT2D eigenvalue weighted by Gasteiger charge is -2.07. The Bertz CT molecular complexity index is 907. The molecule has 2 aromatic carbocycles. The summed E-state index contributed by atoms with van der Waals surface area (Å²) in [7, 11) is 0. The smallest absolute Gasteiger partial charge is 0.201 e. The van der Waals surface area contributed by atoms with Crippen LogP contribution in [0.3, 0.4) is 0 Å². The second-order valence-corrected chi connectivity index (χ2v) is 5.94. The van der Waals surface area contributed by atoms with Crippen LogP contribution in [-0.2, 0) is 6.42 Å². The zero-order chi connectivity index (χ0) is 17.1. The van der Waals surface area contributed by atoms with E-state index in [1.807, 2.05) is 24.3 Å². The summed E-state index contributed by atoms with van der Waals surface area (Å²) in [5.41, 5.74) is 1.75. The fourth-order valence-corrected chi connectivity index (χ4v) is 2.75. The van der Waals surface area contributed by atoms with Crippen LogP contribution in [0.1, 0.15) is 31.7 Å². The van der Waals surface area contributed by atoms with Crippen LogP contribution >= 0.6 is 0 Å². The number of hydrogen-bond donors (Lipinski definition) is 2. The van der Waals surface area contributed by atoms with Crippen molar-refractivity contribution in [1.29, 1.82) is 0 Å². The second-order valence-electron chi connectivity index (χ2n) is 5.94. The van der Waals surface area contributed by atoms with Crippen molar-refractivity contribution in [2.75, 3.05) is 0 Å². The van der Waals surface area contributed by atoms with E-state index in [1.165, 1.54) is 36.6 Å². The van der Waals surface area contributed by atoms with E-state index in [-0.39, 0.29) is 22.1 Å². The average Bonchev–Trinajstić information content (AvgIpc) is 2.59.